The molecule has 1 amide bonds. The van der Waals surface area contributed by atoms with E-state index in [-0.39, 0.29) is 46.1 Å². The average molecular weight is 517 g/mol. The number of pyridine rings is 1. The number of carbonyl (C=O) groups excluding carboxylic acids is 1. The van der Waals surface area contributed by atoms with Gasteiger partial charge in [-0.15, -0.1) is 0 Å². The number of alkyl halides is 3. The zero-order chi connectivity index (χ0) is 26.9. The summed E-state index contributed by atoms with van der Waals surface area (Å²) in [5.41, 5.74) is 5.72. The molecule has 0 saturated carbocycles. The van der Waals surface area contributed by atoms with Crippen molar-refractivity contribution in [1.82, 2.24) is 24.8 Å². The number of hydrogen-bond donors (Lipinski definition) is 4. The van der Waals surface area contributed by atoms with Crippen molar-refractivity contribution in [3.8, 4) is 17.3 Å². The summed E-state index contributed by atoms with van der Waals surface area (Å²) < 4.78 is 39.8. The number of nitrogens with two attached hydrogens (primary N) is 1. The van der Waals surface area contributed by atoms with Crippen LogP contribution in [-0.2, 0) is 11.0 Å². The molecule has 1 fully saturated rings. The number of carbonyl (C=O) groups is 1. The molecule has 196 valence electrons. The van der Waals surface area contributed by atoms with Crippen molar-refractivity contribution in [3.63, 3.8) is 0 Å². The van der Waals surface area contributed by atoms with Crippen molar-refractivity contribution in [2.75, 3.05) is 18.4 Å². The van der Waals surface area contributed by atoms with Gasteiger partial charge in [0.25, 0.3) is 0 Å². The molecule has 0 unspecified atom stereocenters. The number of hydrogen-bond acceptors (Lipinski definition) is 8. The fourth-order valence-electron chi connectivity index (χ4n) is 4.45. The van der Waals surface area contributed by atoms with Crippen LogP contribution in [0.15, 0.2) is 24.7 Å². The lowest BCUT2D eigenvalue weighted by Crippen LogP contribution is -2.52. The topological polar surface area (TPSA) is 157 Å². The normalized spacial score (nSPS) is 17.3. The molecule has 5 N–H and O–H groups in total. The number of rotatable bonds is 6. The van der Waals surface area contributed by atoms with Crippen molar-refractivity contribution < 1.29 is 23.1 Å². The number of aromatic amines is 1. The summed E-state index contributed by atoms with van der Waals surface area (Å²) in [6, 6.07) is 1.93. The number of nitrogens with one attached hydrogen (secondary N) is 2. The van der Waals surface area contributed by atoms with Crippen LogP contribution in [0.5, 0.6) is 0 Å². The fraction of sp³-hybridized carbons (Fsp3) is 0.458. The number of nitrogens with zero attached hydrogens (tertiary/aromatic N) is 5. The second kappa shape index (κ2) is 10.3. The highest BCUT2D eigenvalue weighted by Gasteiger charge is 2.32. The molecule has 1 aliphatic heterocycles. The Hall–Kier alpha value is -3.76. The van der Waals surface area contributed by atoms with Gasteiger partial charge in [0.2, 0.25) is 11.9 Å². The van der Waals surface area contributed by atoms with Gasteiger partial charge in [0.1, 0.15) is 17.8 Å². The lowest BCUT2D eigenvalue weighted by Gasteiger charge is -2.36. The van der Waals surface area contributed by atoms with Gasteiger partial charge in [-0.1, -0.05) is 0 Å². The standard InChI is InChI=1S/C24H27F3N8O2/c1-12(14-3-5-35(6-4-14)22(37)19(29)13(2)36)33-23-32-9-15(8-28)20(34-23)18-11-31-21-17(18)7-16(10-30-21)24(25,26)27/h7,9-14,19,36H,3-6,29H2,1-2H3,(H,30,31)(H,32,33,34)/t12-,13-,19+/m1/s1. The van der Waals surface area contributed by atoms with E-state index in [1.54, 1.807) is 4.90 Å². The van der Waals surface area contributed by atoms with Crippen LogP contribution in [0.25, 0.3) is 22.3 Å². The molecule has 0 bridgehead atoms. The Kier molecular flexibility index (Phi) is 7.33. The van der Waals surface area contributed by atoms with Crippen LogP contribution < -0.4 is 11.1 Å². The van der Waals surface area contributed by atoms with Crippen LogP contribution in [0.4, 0.5) is 19.1 Å². The number of likely N-dealkylation sites (tertiary alicyclic amines) is 1. The van der Waals surface area contributed by atoms with E-state index in [1.165, 1.54) is 19.3 Å². The minimum atomic E-state index is -4.57. The number of aliphatic hydroxyl groups excluding tert-OH is 1. The Morgan fingerprint density at radius 2 is 2.00 bits per heavy atom. The van der Waals surface area contributed by atoms with Crippen molar-refractivity contribution in [2.45, 2.75) is 51.1 Å². The molecule has 1 saturated heterocycles. The fourth-order valence-corrected chi connectivity index (χ4v) is 4.45. The molecule has 3 atom stereocenters. The molecule has 1 aliphatic rings. The summed E-state index contributed by atoms with van der Waals surface area (Å²) in [6.45, 7) is 4.43. The number of halogens is 3. The molecular weight excluding hydrogens is 489 g/mol. The minimum Gasteiger partial charge on any atom is -0.391 e. The van der Waals surface area contributed by atoms with E-state index in [4.69, 9.17) is 5.73 Å². The van der Waals surface area contributed by atoms with Crippen LogP contribution >= 0.6 is 0 Å². The van der Waals surface area contributed by atoms with Gasteiger partial charge in [-0.25, -0.2) is 15.0 Å². The predicted octanol–water partition coefficient (Wildman–Crippen LogP) is 2.66. The Labute approximate surface area is 210 Å². The third-order valence-electron chi connectivity index (χ3n) is 6.74. The number of H-pyrrole nitrogens is 1. The van der Waals surface area contributed by atoms with E-state index in [0.29, 0.717) is 31.5 Å². The second-order valence-electron chi connectivity index (χ2n) is 9.25. The molecule has 3 aromatic heterocycles. The largest absolute Gasteiger partial charge is 0.417 e. The van der Waals surface area contributed by atoms with E-state index in [0.717, 1.165) is 12.3 Å². The molecule has 0 spiro atoms. The molecule has 13 heteroatoms. The SMILES string of the molecule is C[C@@H](Nc1ncc(C#N)c(-c2c[nH]c3ncc(C(F)(F)F)cc23)n1)C1CCN(C(=O)[C@@H](N)[C@@H](C)O)CC1. The first-order valence-electron chi connectivity index (χ1n) is 11.8. The Morgan fingerprint density at radius 1 is 1.30 bits per heavy atom. The van der Waals surface area contributed by atoms with E-state index < -0.39 is 23.9 Å². The Balaban J connectivity index is 1.52. The van der Waals surface area contributed by atoms with Gasteiger partial charge in [0, 0.05) is 42.5 Å². The Morgan fingerprint density at radius 3 is 2.62 bits per heavy atom. The summed E-state index contributed by atoms with van der Waals surface area (Å²) in [7, 11) is 0. The summed E-state index contributed by atoms with van der Waals surface area (Å²) in [6.07, 6.45) is -0.549. The molecule has 37 heavy (non-hydrogen) atoms. The minimum absolute atomic E-state index is 0.0926. The highest BCUT2D eigenvalue weighted by atomic mass is 19.4. The predicted molar refractivity (Wildman–Crippen MR) is 129 cm³/mol. The number of aromatic nitrogens is 4. The highest BCUT2D eigenvalue weighted by molar-refractivity contribution is 5.94. The average Bonchev–Trinajstić information content (AvgIpc) is 3.30. The molecule has 0 aliphatic carbocycles. The van der Waals surface area contributed by atoms with Crippen molar-refractivity contribution in [3.05, 3.63) is 35.8 Å². The number of nitriles is 1. The number of amides is 1. The first-order chi connectivity index (χ1) is 17.5. The van der Waals surface area contributed by atoms with E-state index in [9.17, 15) is 28.3 Å². The highest BCUT2D eigenvalue weighted by Crippen LogP contribution is 2.35. The van der Waals surface area contributed by atoms with Gasteiger partial charge in [-0.2, -0.15) is 18.4 Å². The number of aliphatic hydroxyl groups is 1. The number of fused-ring (bicyclic) bond motifs is 1. The zero-order valence-electron chi connectivity index (χ0n) is 20.3. The smallest absolute Gasteiger partial charge is 0.391 e. The van der Waals surface area contributed by atoms with Crippen molar-refractivity contribution >= 4 is 22.9 Å². The van der Waals surface area contributed by atoms with Gasteiger partial charge in [0.15, 0.2) is 0 Å². The quantitative estimate of drug-likeness (QED) is 0.390. The molecule has 10 nitrogen and oxygen atoms in total. The summed E-state index contributed by atoms with van der Waals surface area (Å²) >= 11 is 0. The van der Waals surface area contributed by atoms with Gasteiger partial charge in [0.05, 0.1) is 29.1 Å². The Bertz CT molecular complexity index is 1330. The molecule has 3 aromatic rings. The van der Waals surface area contributed by atoms with Gasteiger partial charge in [-0.05, 0) is 38.7 Å². The van der Waals surface area contributed by atoms with Crippen LogP contribution in [-0.4, -0.2) is 67.1 Å². The maximum atomic E-state index is 13.3. The van der Waals surface area contributed by atoms with Gasteiger partial charge >= 0.3 is 6.18 Å². The van der Waals surface area contributed by atoms with Crippen molar-refractivity contribution in [1.29, 1.82) is 5.26 Å². The summed E-state index contributed by atoms with van der Waals surface area (Å²) in [5.74, 6) is 0.127. The molecule has 4 rings (SSSR count). The molecule has 4 heterocycles. The van der Waals surface area contributed by atoms with E-state index in [2.05, 4.69) is 25.3 Å². The van der Waals surface area contributed by atoms with Gasteiger partial charge < -0.3 is 26.0 Å². The van der Waals surface area contributed by atoms with Gasteiger partial charge in [-0.3, -0.25) is 4.79 Å². The lowest BCUT2D eigenvalue weighted by atomic mass is 9.90. The van der Waals surface area contributed by atoms with Crippen molar-refractivity contribution in [2.24, 2.45) is 11.7 Å². The summed E-state index contributed by atoms with van der Waals surface area (Å²) in [5, 5.41) is 22.6. The lowest BCUT2D eigenvalue weighted by molar-refractivity contribution is -0.138. The summed E-state index contributed by atoms with van der Waals surface area (Å²) in [4.78, 5) is 29.4. The number of piperidine rings is 1. The molecule has 0 aromatic carbocycles. The maximum absolute atomic E-state index is 13.3. The zero-order valence-corrected chi connectivity index (χ0v) is 20.3. The maximum Gasteiger partial charge on any atom is 0.417 e. The number of anilines is 1. The van der Waals surface area contributed by atoms with Crippen LogP contribution in [0.1, 0.15) is 37.8 Å². The van der Waals surface area contributed by atoms with E-state index >= 15 is 0 Å². The monoisotopic (exact) mass is 516 g/mol. The first-order valence-corrected chi connectivity index (χ1v) is 11.8. The van der Waals surface area contributed by atoms with Crippen LogP contribution in [0, 0.1) is 17.2 Å². The first kappa shape index (κ1) is 26.3. The second-order valence-corrected chi connectivity index (χ2v) is 9.25. The molecular formula is C24H27F3N8O2. The molecule has 0 radical (unpaired) electrons. The van der Waals surface area contributed by atoms with Crippen LogP contribution in [0.3, 0.4) is 0 Å². The third kappa shape index (κ3) is 5.50. The third-order valence-corrected chi connectivity index (χ3v) is 6.74. The van der Waals surface area contributed by atoms with E-state index in [1.807, 2.05) is 13.0 Å². The van der Waals surface area contributed by atoms with Crippen LogP contribution in [0.2, 0.25) is 0 Å².